The van der Waals surface area contributed by atoms with Gasteiger partial charge in [-0.2, -0.15) is 5.48 Å². The predicted octanol–water partition coefficient (Wildman–Crippen LogP) is 6.84. The van der Waals surface area contributed by atoms with Gasteiger partial charge in [0, 0.05) is 17.7 Å². The molecule has 0 spiro atoms. The number of benzene rings is 1. The van der Waals surface area contributed by atoms with E-state index in [4.69, 9.17) is 4.84 Å². The number of allylic oxidation sites excluding steroid dienone is 2. The lowest BCUT2D eigenvalue weighted by atomic mass is 9.97. The first-order valence-corrected chi connectivity index (χ1v) is 11.4. The van der Waals surface area contributed by atoms with E-state index in [9.17, 15) is 20.2 Å². The number of hydrogen-bond acceptors (Lipinski definition) is 6. The van der Waals surface area contributed by atoms with Crippen molar-refractivity contribution in [3.63, 3.8) is 0 Å². The SMILES string of the molecule is CCCCC=C(C)CCCCCCCCCC1(c2cc([N+](=O)[O-])cc([N+](=O)[O-])c2)NO1. The molecular weight excluding hydrogens is 398 g/mol. The van der Waals surface area contributed by atoms with Gasteiger partial charge in [0.25, 0.3) is 11.4 Å². The summed E-state index contributed by atoms with van der Waals surface area (Å²) >= 11 is 0. The van der Waals surface area contributed by atoms with Gasteiger partial charge >= 0.3 is 0 Å². The fraction of sp³-hybridized carbons (Fsp3) is 0.652. The van der Waals surface area contributed by atoms with Crippen LogP contribution in [0.3, 0.4) is 0 Å². The van der Waals surface area contributed by atoms with Gasteiger partial charge in [0.2, 0.25) is 0 Å². The molecule has 31 heavy (non-hydrogen) atoms. The summed E-state index contributed by atoms with van der Waals surface area (Å²) in [5, 5.41) is 22.2. The molecular formula is C23H35N3O5. The van der Waals surface area contributed by atoms with Crippen molar-refractivity contribution < 1.29 is 14.7 Å². The highest BCUT2D eigenvalue weighted by Crippen LogP contribution is 2.41. The molecule has 1 saturated heterocycles. The Hall–Kier alpha value is -2.32. The molecule has 1 atom stereocenters. The van der Waals surface area contributed by atoms with Crippen LogP contribution < -0.4 is 5.48 Å². The number of unbranched alkanes of at least 4 members (excludes halogenated alkanes) is 8. The maximum Gasteiger partial charge on any atom is 0.276 e. The minimum absolute atomic E-state index is 0.295. The summed E-state index contributed by atoms with van der Waals surface area (Å²) in [5.74, 6) is 0. The second-order valence-electron chi connectivity index (χ2n) is 8.45. The smallest absolute Gasteiger partial charge is 0.269 e. The van der Waals surface area contributed by atoms with E-state index < -0.39 is 15.6 Å². The van der Waals surface area contributed by atoms with Crippen LogP contribution in [0.2, 0.25) is 0 Å². The van der Waals surface area contributed by atoms with Gasteiger partial charge in [0.1, 0.15) is 0 Å². The largest absolute Gasteiger partial charge is 0.276 e. The molecule has 0 bridgehead atoms. The quantitative estimate of drug-likeness (QED) is 0.100. The van der Waals surface area contributed by atoms with E-state index in [2.05, 4.69) is 25.4 Å². The van der Waals surface area contributed by atoms with E-state index in [1.807, 2.05) is 0 Å². The molecule has 0 saturated carbocycles. The second-order valence-corrected chi connectivity index (χ2v) is 8.45. The Morgan fingerprint density at radius 1 is 0.968 bits per heavy atom. The average Bonchev–Trinajstić information content (AvgIpc) is 3.53. The minimum atomic E-state index is -0.835. The van der Waals surface area contributed by atoms with Crippen molar-refractivity contribution in [2.75, 3.05) is 0 Å². The van der Waals surface area contributed by atoms with Crippen LogP contribution in [0.25, 0.3) is 0 Å². The molecule has 172 valence electrons. The summed E-state index contributed by atoms with van der Waals surface area (Å²) in [4.78, 5) is 26.3. The summed E-state index contributed by atoms with van der Waals surface area (Å²) in [6.07, 6.45) is 15.9. The van der Waals surface area contributed by atoms with Crippen molar-refractivity contribution in [1.82, 2.24) is 5.48 Å². The average molecular weight is 434 g/mol. The molecule has 1 heterocycles. The van der Waals surface area contributed by atoms with Crippen LogP contribution in [0.15, 0.2) is 29.8 Å². The second kappa shape index (κ2) is 12.5. The van der Waals surface area contributed by atoms with Crippen LogP contribution in [0.4, 0.5) is 11.4 Å². The Labute approximate surface area is 184 Å². The first kappa shape index (κ1) is 24.9. The Bertz CT molecular complexity index is 742. The Balaban J connectivity index is 1.66. The first-order valence-electron chi connectivity index (χ1n) is 11.4. The third-order valence-corrected chi connectivity index (χ3v) is 5.79. The number of hydroxylamine groups is 1. The lowest BCUT2D eigenvalue weighted by Gasteiger charge is -2.10. The highest BCUT2D eigenvalue weighted by molar-refractivity contribution is 5.49. The first-order chi connectivity index (χ1) is 14.9. The van der Waals surface area contributed by atoms with E-state index in [1.165, 1.54) is 69.1 Å². The lowest BCUT2D eigenvalue weighted by Crippen LogP contribution is -2.13. The third kappa shape index (κ3) is 8.38. The Morgan fingerprint density at radius 3 is 2.03 bits per heavy atom. The number of nitrogens with one attached hydrogen (secondary N) is 1. The molecule has 1 aromatic rings. The fourth-order valence-corrected chi connectivity index (χ4v) is 3.78. The van der Waals surface area contributed by atoms with Gasteiger partial charge in [-0.3, -0.25) is 25.1 Å². The molecule has 1 fully saturated rings. The van der Waals surface area contributed by atoms with Crippen molar-refractivity contribution in [3.8, 4) is 0 Å². The standard InChI is InChI=1S/C23H35N3O5/c1-3-4-10-13-19(2)14-11-8-6-5-7-9-12-15-23(24-31-23)20-16-21(25(27)28)18-22(17-20)26(29)30/h13,16-18,24H,3-12,14-15H2,1-2H3. The summed E-state index contributed by atoms with van der Waals surface area (Å²) < 4.78 is 0. The molecule has 1 aliphatic heterocycles. The van der Waals surface area contributed by atoms with Crippen molar-refractivity contribution in [1.29, 1.82) is 0 Å². The molecule has 0 aliphatic carbocycles. The Kier molecular flexibility index (Phi) is 10.1. The summed E-state index contributed by atoms with van der Waals surface area (Å²) in [7, 11) is 0. The van der Waals surface area contributed by atoms with Crippen LogP contribution in [0.1, 0.15) is 96.5 Å². The van der Waals surface area contributed by atoms with Crippen molar-refractivity contribution in [2.24, 2.45) is 0 Å². The van der Waals surface area contributed by atoms with E-state index in [1.54, 1.807) is 0 Å². The number of nitro benzene ring substituents is 2. The van der Waals surface area contributed by atoms with Gasteiger partial charge in [-0.05, 0) is 39.0 Å². The molecule has 1 unspecified atom stereocenters. The van der Waals surface area contributed by atoms with Crippen LogP contribution in [0.5, 0.6) is 0 Å². The van der Waals surface area contributed by atoms with E-state index >= 15 is 0 Å². The highest BCUT2D eigenvalue weighted by atomic mass is 16.8. The van der Waals surface area contributed by atoms with Crippen molar-refractivity contribution in [3.05, 3.63) is 55.6 Å². The fourth-order valence-electron chi connectivity index (χ4n) is 3.78. The molecule has 2 rings (SSSR count). The topological polar surface area (TPSA) is 121 Å². The lowest BCUT2D eigenvalue weighted by molar-refractivity contribution is -0.394. The molecule has 8 heteroatoms. The van der Waals surface area contributed by atoms with Crippen LogP contribution in [0, 0.1) is 20.2 Å². The van der Waals surface area contributed by atoms with Crippen molar-refractivity contribution in [2.45, 2.75) is 96.6 Å². The monoisotopic (exact) mass is 433 g/mol. The molecule has 0 aromatic heterocycles. The zero-order valence-corrected chi connectivity index (χ0v) is 18.7. The van der Waals surface area contributed by atoms with E-state index in [0.29, 0.717) is 12.0 Å². The molecule has 1 N–H and O–H groups in total. The summed E-state index contributed by atoms with van der Waals surface area (Å²) in [6.45, 7) is 4.45. The highest BCUT2D eigenvalue weighted by Gasteiger charge is 2.47. The van der Waals surface area contributed by atoms with Gasteiger partial charge in [0.15, 0.2) is 5.72 Å². The number of nitrogens with zero attached hydrogens (tertiary/aromatic N) is 2. The van der Waals surface area contributed by atoms with Gasteiger partial charge in [-0.15, -0.1) is 0 Å². The Morgan fingerprint density at radius 2 is 1.52 bits per heavy atom. The third-order valence-electron chi connectivity index (χ3n) is 5.79. The van der Waals surface area contributed by atoms with Gasteiger partial charge in [-0.25, -0.2) is 0 Å². The van der Waals surface area contributed by atoms with Gasteiger partial charge in [0.05, 0.1) is 15.9 Å². The summed E-state index contributed by atoms with van der Waals surface area (Å²) in [6, 6.07) is 3.68. The van der Waals surface area contributed by atoms with Crippen LogP contribution in [-0.2, 0) is 10.6 Å². The van der Waals surface area contributed by atoms with Gasteiger partial charge < -0.3 is 0 Å². The molecule has 1 aliphatic rings. The number of rotatable bonds is 16. The van der Waals surface area contributed by atoms with Gasteiger partial charge in [-0.1, -0.05) is 63.5 Å². The zero-order chi connectivity index (χ0) is 22.7. The zero-order valence-electron chi connectivity index (χ0n) is 18.7. The molecule has 0 radical (unpaired) electrons. The number of nitro groups is 2. The molecule has 8 nitrogen and oxygen atoms in total. The van der Waals surface area contributed by atoms with Crippen molar-refractivity contribution >= 4 is 11.4 Å². The maximum absolute atomic E-state index is 11.1. The predicted molar refractivity (Wildman–Crippen MR) is 120 cm³/mol. The summed E-state index contributed by atoms with van der Waals surface area (Å²) in [5.41, 5.74) is 3.32. The normalized spacial score (nSPS) is 18.2. The van der Waals surface area contributed by atoms with E-state index in [0.717, 1.165) is 25.3 Å². The molecule has 1 aromatic carbocycles. The number of hydrogen-bond donors (Lipinski definition) is 1. The van der Waals surface area contributed by atoms with E-state index in [-0.39, 0.29) is 11.4 Å². The maximum atomic E-state index is 11.1. The van der Waals surface area contributed by atoms with Crippen LogP contribution in [-0.4, -0.2) is 9.85 Å². The minimum Gasteiger partial charge on any atom is -0.269 e. The van der Waals surface area contributed by atoms with Crippen LogP contribution >= 0.6 is 0 Å². The number of non-ortho nitro benzene ring substituents is 2. The molecule has 0 amide bonds.